The molecule has 0 atom stereocenters. The molecule has 0 amide bonds. The quantitative estimate of drug-likeness (QED) is 0.285. The van der Waals surface area contributed by atoms with Gasteiger partial charge in [0.2, 0.25) is 0 Å². The van der Waals surface area contributed by atoms with Gasteiger partial charge in [0.05, 0.1) is 12.0 Å². The minimum Gasteiger partial charge on any atom is -0.481 e. The summed E-state index contributed by atoms with van der Waals surface area (Å²) in [5, 5.41) is 11.1. The number of ketones is 1. The molecular formula is C30H39F3N4O5. The molecule has 0 saturated carbocycles. The molecule has 1 aliphatic heterocycles. The van der Waals surface area contributed by atoms with Crippen LogP contribution < -0.4 is 10.1 Å². The minimum absolute atomic E-state index is 0.0367. The van der Waals surface area contributed by atoms with Crippen molar-refractivity contribution in [3.63, 3.8) is 0 Å². The maximum absolute atomic E-state index is 12.7. The lowest BCUT2D eigenvalue weighted by Crippen LogP contribution is -2.39. The van der Waals surface area contributed by atoms with Gasteiger partial charge in [0.1, 0.15) is 17.6 Å². The largest absolute Gasteiger partial charge is 0.481 e. The Hall–Kier alpha value is -3.61. The van der Waals surface area contributed by atoms with Gasteiger partial charge in [-0.1, -0.05) is 37.3 Å². The van der Waals surface area contributed by atoms with E-state index in [2.05, 4.69) is 29.3 Å². The van der Waals surface area contributed by atoms with Crippen LogP contribution in [0, 0.1) is 0 Å². The summed E-state index contributed by atoms with van der Waals surface area (Å²) in [6.07, 6.45) is -0.493. The number of halogens is 3. The number of hydrogen-bond acceptors (Lipinski definition) is 8. The van der Waals surface area contributed by atoms with E-state index in [1.54, 1.807) is 36.4 Å². The van der Waals surface area contributed by atoms with Gasteiger partial charge in [0, 0.05) is 30.8 Å². The number of alkyl halides is 3. The van der Waals surface area contributed by atoms with E-state index >= 15 is 0 Å². The lowest BCUT2D eigenvalue weighted by Gasteiger charge is -2.28. The van der Waals surface area contributed by atoms with Crippen LogP contribution in [0.25, 0.3) is 11.0 Å². The molecule has 9 nitrogen and oxygen atoms in total. The number of pyridine rings is 1. The molecule has 42 heavy (non-hydrogen) atoms. The molecule has 1 aliphatic rings. The van der Waals surface area contributed by atoms with Crippen molar-refractivity contribution in [2.24, 2.45) is 7.05 Å². The summed E-state index contributed by atoms with van der Waals surface area (Å²) < 4.78 is 44.3. The molecule has 4 rings (SSSR count). The number of piperidine rings is 1. The first-order valence-electron chi connectivity index (χ1n) is 13.6. The number of aliphatic hydroxyl groups excluding tert-OH is 1. The van der Waals surface area contributed by atoms with E-state index in [1.165, 1.54) is 37.5 Å². The van der Waals surface area contributed by atoms with E-state index in [1.807, 2.05) is 6.92 Å². The highest BCUT2D eigenvalue weighted by Crippen LogP contribution is 2.34. The van der Waals surface area contributed by atoms with Crippen molar-refractivity contribution >= 4 is 29.4 Å². The average Bonchev–Trinajstić information content (AvgIpc) is 3.25. The van der Waals surface area contributed by atoms with Gasteiger partial charge in [-0.25, -0.2) is 4.98 Å². The Morgan fingerprint density at radius 3 is 2.29 bits per heavy atom. The second kappa shape index (κ2) is 16.7. The number of ether oxygens (including phenoxy) is 1. The Balaban J connectivity index is 0.000000392. The van der Waals surface area contributed by atoms with Crippen LogP contribution in [-0.4, -0.2) is 90.5 Å². The summed E-state index contributed by atoms with van der Waals surface area (Å²) in [4.78, 5) is 39.9. The van der Waals surface area contributed by atoms with Gasteiger partial charge in [-0.2, -0.15) is 13.2 Å². The number of benzene rings is 1. The number of aldehydes is 2. The zero-order valence-electron chi connectivity index (χ0n) is 24.4. The van der Waals surface area contributed by atoms with Gasteiger partial charge in [-0.15, -0.1) is 0 Å². The number of carbonyl (C=O) groups excluding carboxylic acids is 3. The second-order valence-electron chi connectivity index (χ2n) is 9.80. The first-order chi connectivity index (χ1) is 20.0. The zero-order valence-corrected chi connectivity index (χ0v) is 24.4. The van der Waals surface area contributed by atoms with E-state index in [9.17, 15) is 22.8 Å². The van der Waals surface area contributed by atoms with Gasteiger partial charge in [0.15, 0.2) is 24.4 Å². The van der Waals surface area contributed by atoms with Gasteiger partial charge < -0.3 is 29.4 Å². The number of carbonyl (C=O) groups is 3. The van der Waals surface area contributed by atoms with Crippen molar-refractivity contribution in [3.8, 4) is 5.75 Å². The molecule has 2 N–H and O–H groups in total. The van der Waals surface area contributed by atoms with Gasteiger partial charge in [-0.3, -0.25) is 9.59 Å². The molecule has 0 spiro atoms. The van der Waals surface area contributed by atoms with E-state index in [0.29, 0.717) is 41.5 Å². The molecule has 12 heteroatoms. The fourth-order valence-electron chi connectivity index (χ4n) is 4.50. The molecule has 1 fully saturated rings. The third-order valence-corrected chi connectivity index (χ3v) is 6.80. The van der Waals surface area contributed by atoms with E-state index < -0.39 is 12.8 Å². The van der Waals surface area contributed by atoms with Gasteiger partial charge in [0.25, 0.3) is 0 Å². The highest BCUT2D eigenvalue weighted by atomic mass is 19.4. The smallest absolute Gasteiger partial charge is 0.422 e. The summed E-state index contributed by atoms with van der Waals surface area (Å²) in [6, 6.07) is 11.1. The van der Waals surface area contributed by atoms with Crippen LogP contribution in [0.15, 0.2) is 36.4 Å². The highest BCUT2D eigenvalue weighted by Gasteiger charge is 2.30. The maximum Gasteiger partial charge on any atom is 0.422 e. The van der Waals surface area contributed by atoms with Gasteiger partial charge >= 0.3 is 6.18 Å². The monoisotopic (exact) mass is 592 g/mol. The minimum atomic E-state index is -4.55. The molecule has 0 unspecified atom stereocenters. The zero-order chi connectivity index (χ0) is 31.3. The molecule has 3 aromatic rings. The lowest BCUT2D eigenvalue weighted by molar-refractivity contribution is -0.153. The lowest BCUT2D eigenvalue weighted by atomic mass is 10.00. The van der Waals surface area contributed by atoms with Crippen LogP contribution in [0.1, 0.15) is 51.9 Å². The predicted molar refractivity (Wildman–Crippen MR) is 154 cm³/mol. The van der Waals surface area contributed by atoms with Crippen LogP contribution in [0.2, 0.25) is 0 Å². The van der Waals surface area contributed by atoms with Crippen LogP contribution in [0.5, 0.6) is 5.75 Å². The summed E-state index contributed by atoms with van der Waals surface area (Å²) in [5.74, 6) is -0.316. The number of hydrogen-bond donors (Lipinski definition) is 2. The molecule has 3 heterocycles. The molecule has 2 aromatic heterocycles. The average molecular weight is 593 g/mol. The number of fused-ring (bicyclic) bond motifs is 1. The number of nitrogens with one attached hydrogen (secondary N) is 1. The van der Waals surface area contributed by atoms with E-state index in [0.717, 1.165) is 6.04 Å². The topological polar surface area (TPSA) is 114 Å². The highest BCUT2D eigenvalue weighted by molar-refractivity contribution is 5.99. The second-order valence-corrected chi connectivity index (χ2v) is 9.80. The Labute approximate surface area is 243 Å². The number of aryl methyl sites for hydroxylation is 2. The molecule has 0 aliphatic carbocycles. The fraction of sp³-hybridized carbons (Fsp3) is 0.467. The van der Waals surface area contributed by atoms with Crippen molar-refractivity contribution in [3.05, 3.63) is 58.9 Å². The number of nitrogens with zero attached hydrogens (tertiary/aromatic N) is 3. The number of aromatic nitrogens is 2. The Bertz CT molecular complexity index is 1300. The van der Waals surface area contributed by atoms with Crippen molar-refractivity contribution < 1.29 is 37.4 Å². The van der Waals surface area contributed by atoms with Crippen LogP contribution >= 0.6 is 0 Å². The Morgan fingerprint density at radius 1 is 1.17 bits per heavy atom. The van der Waals surface area contributed by atoms with Crippen LogP contribution in [0.4, 0.5) is 13.2 Å². The molecule has 230 valence electrons. The van der Waals surface area contributed by atoms with Crippen molar-refractivity contribution in [2.75, 3.05) is 40.4 Å². The standard InChI is InChI=1S/C21H19F3N2O3.C7H16N2.C2H4O2/c1-3-16-14(10-18(28)13-7-5-4-6-8-13)9-15-19(29-12-21(22,23)24)17(11-27)26(2)20(15)25-16;1-8-7-3-5-9(2)6-4-7;3-1-2-4/h4-9,11H,3,10,12H2,1-2H3;7-8H,3-6H2,1-2H3;1,4H,2H2. The van der Waals surface area contributed by atoms with E-state index in [-0.39, 0.29) is 35.6 Å². The number of rotatable bonds is 9. The number of aliphatic hydroxyl groups is 1. The summed E-state index contributed by atoms with van der Waals surface area (Å²) in [6.45, 7) is 2.49. The normalized spacial score (nSPS) is 13.9. The Kier molecular flexibility index (Phi) is 13.8. The molecular weight excluding hydrogens is 553 g/mol. The molecule has 0 bridgehead atoms. The maximum atomic E-state index is 12.7. The molecule has 1 saturated heterocycles. The Morgan fingerprint density at radius 2 is 1.79 bits per heavy atom. The predicted octanol–water partition coefficient (Wildman–Crippen LogP) is 3.79. The fourth-order valence-corrected chi connectivity index (χ4v) is 4.50. The van der Waals surface area contributed by atoms with Crippen molar-refractivity contribution in [1.82, 2.24) is 19.8 Å². The third-order valence-electron chi connectivity index (χ3n) is 6.80. The molecule has 0 radical (unpaired) electrons. The molecule has 1 aromatic carbocycles. The van der Waals surface area contributed by atoms with Crippen molar-refractivity contribution in [2.45, 2.75) is 44.8 Å². The number of likely N-dealkylation sites (tertiary alicyclic amines) is 1. The summed E-state index contributed by atoms with van der Waals surface area (Å²) in [7, 11) is 5.77. The summed E-state index contributed by atoms with van der Waals surface area (Å²) in [5.41, 5.74) is 2.06. The first kappa shape index (κ1) is 34.6. The van der Waals surface area contributed by atoms with Crippen LogP contribution in [-0.2, 0) is 24.7 Å². The van der Waals surface area contributed by atoms with Crippen LogP contribution in [0.3, 0.4) is 0 Å². The number of Topliss-reactive ketones (excluding diaryl/α,β-unsaturated/α-hetero) is 1. The third kappa shape index (κ3) is 10.0. The summed E-state index contributed by atoms with van der Waals surface area (Å²) >= 11 is 0. The van der Waals surface area contributed by atoms with Gasteiger partial charge in [-0.05, 0) is 58.1 Å². The van der Waals surface area contributed by atoms with Crippen molar-refractivity contribution in [1.29, 1.82) is 0 Å². The van der Waals surface area contributed by atoms with E-state index in [4.69, 9.17) is 14.6 Å². The SMILES string of the molecule is CCc1nc2c(cc1CC(=O)c1ccccc1)c(OCC(F)(F)F)c(C=O)n2C.CNC1CCN(C)CC1.O=CCO. The first-order valence-corrected chi connectivity index (χ1v) is 13.6.